The van der Waals surface area contributed by atoms with Crippen molar-refractivity contribution in [2.75, 3.05) is 18.9 Å². The van der Waals surface area contributed by atoms with Crippen LogP contribution in [0.4, 0.5) is 5.82 Å². The third kappa shape index (κ3) is 3.35. The van der Waals surface area contributed by atoms with Crippen molar-refractivity contribution >= 4 is 34.2 Å². The Bertz CT molecular complexity index is 1050. The number of nitrogens with one attached hydrogen (secondary N) is 2. The lowest BCUT2D eigenvalue weighted by Gasteiger charge is -2.16. The number of nitrogens with zero attached hydrogens (tertiary/aromatic N) is 4. The van der Waals surface area contributed by atoms with Crippen molar-refractivity contribution in [2.24, 2.45) is 0 Å². The zero-order valence-electron chi connectivity index (χ0n) is 16.2. The predicted octanol–water partition coefficient (Wildman–Crippen LogP) is 0.660. The monoisotopic (exact) mass is 418 g/mol. The molecule has 0 saturated carbocycles. The highest BCUT2D eigenvalue weighted by atomic mass is 32.1. The number of likely N-dealkylation sites (N-methyl/N-ethyl adjacent to an activating group) is 1. The number of hydrogen-bond donors (Lipinski definition) is 4. The van der Waals surface area contributed by atoms with Crippen LogP contribution < -0.4 is 10.6 Å². The molecule has 4 rings (SSSR count). The number of amides is 1. The fourth-order valence-electron chi connectivity index (χ4n) is 3.32. The first kappa shape index (κ1) is 19.7. The molecular weight excluding hydrogens is 396 g/mol. The van der Waals surface area contributed by atoms with E-state index in [1.165, 1.54) is 10.9 Å². The second kappa shape index (κ2) is 7.67. The van der Waals surface area contributed by atoms with E-state index in [1.54, 1.807) is 25.3 Å². The van der Waals surface area contributed by atoms with Gasteiger partial charge in [-0.3, -0.25) is 9.36 Å². The Balaban J connectivity index is 1.77. The number of fused-ring (bicyclic) bond motifs is 1. The average Bonchev–Trinajstić information content (AvgIpc) is 3.40. The van der Waals surface area contributed by atoms with Crippen molar-refractivity contribution in [1.82, 2.24) is 24.8 Å². The molecule has 0 spiro atoms. The molecule has 0 aromatic carbocycles. The summed E-state index contributed by atoms with van der Waals surface area (Å²) in [6.45, 7) is 4.16. The summed E-state index contributed by atoms with van der Waals surface area (Å²) in [6, 6.07) is 3.93. The van der Waals surface area contributed by atoms with Crippen LogP contribution in [0.25, 0.3) is 21.9 Å². The van der Waals surface area contributed by atoms with E-state index >= 15 is 0 Å². The Labute approximate surface area is 170 Å². The van der Waals surface area contributed by atoms with Crippen LogP contribution in [-0.2, 0) is 9.53 Å². The quantitative estimate of drug-likeness (QED) is 0.475. The highest BCUT2D eigenvalue weighted by molar-refractivity contribution is 7.15. The Kier molecular flexibility index (Phi) is 5.21. The number of thiophene rings is 1. The molecule has 0 bridgehead atoms. The molecule has 29 heavy (non-hydrogen) atoms. The van der Waals surface area contributed by atoms with Gasteiger partial charge in [0.15, 0.2) is 35.1 Å². The van der Waals surface area contributed by atoms with Gasteiger partial charge in [-0.2, -0.15) is 0 Å². The molecule has 10 nitrogen and oxygen atoms in total. The summed E-state index contributed by atoms with van der Waals surface area (Å²) < 4.78 is 7.23. The number of anilines is 1. The van der Waals surface area contributed by atoms with Crippen molar-refractivity contribution in [2.45, 2.75) is 38.4 Å². The first-order valence-electron chi connectivity index (χ1n) is 9.23. The van der Waals surface area contributed by atoms with Crippen LogP contribution in [-0.4, -0.2) is 67.5 Å². The zero-order valence-corrected chi connectivity index (χ0v) is 17.0. The van der Waals surface area contributed by atoms with Crippen molar-refractivity contribution < 1.29 is 19.7 Å². The summed E-state index contributed by atoms with van der Waals surface area (Å²) in [6.07, 6.45) is -3.42. The predicted molar refractivity (Wildman–Crippen MR) is 108 cm³/mol. The topological polar surface area (TPSA) is 134 Å². The van der Waals surface area contributed by atoms with Crippen molar-refractivity contribution in [3.63, 3.8) is 0 Å². The molecule has 1 aliphatic heterocycles. The molecule has 0 aliphatic carbocycles. The number of aliphatic hydroxyl groups excluding tert-OH is 2. The summed E-state index contributed by atoms with van der Waals surface area (Å²) in [5.74, 6) is 0.560. The Hall–Kier alpha value is -2.60. The van der Waals surface area contributed by atoms with Crippen LogP contribution in [0.3, 0.4) is 0 Å². The van der Waals surface area contributed by atoms with E-state index in [0.717, 1.165) is 9.75 Å². The molecular formula is C18H22N6O4S. The van der Waals surface area contributed by atoms with Gasteiger partial charge >= 0.3 is 0 Å². The molecule has 1 fully saturated rings. The molecule has 4 unspecified atom stereocenters. The Morgan fingerprint density at radius 1 is 1.31 bits per heavy atom. The van der Waals surface area contributed by atoms with Gasteiger partial charge in [-0.25, -0.2) is 15.0 Å². The second-order valence-electron chi connectivity index (χ2n) is 6.70. The van der Waals surface area contributed by atoms with Crippen molar-refractivity contribution in [1.29, 1.82) is 0 Å². The number of ether oxygens (including phenoxy) is 1. The minimum absolute atomic E-state index is 0.391. The van der Waals surface area contributed by atoms with E-state index in [-0.39, 0.29) is 0 Å². The number of imidazole rings is 1. The second-order valence-corrected chi connectivity index (χ2v) is 7.99. The van der Waals surface area contributed by atoms with Crippen LogP contribution in [0.1, 0.15) is 18.0 Å². The number of aromatic nitrogens is 4. The van der Waals surface area contributed by atoms with Gasteiger partial charge in [-0.05, 0) is 26.0 Å². The highest BCUT2D eigenvalue weighted by Gasteiger charge is 2.47. The summed E-state index contributed by atoms with van der Waals surface area (Å²) in [4.78, 5) is 27.7. The molecule has 3 aromatic rings. The maximum atomic E-state index is 12.2. The third-order valence-electron chi connectivity index (χ3n) is 4.74. The minimum atomic E-state index is -1.37. The van der Waals surface area contributed by atoms with Gasteiger partial charge in [0.1, 0.15) is 12.2 Å². The van der Waals surface area contributed by atoms with Crippen LogP contribution in [0, 0.1) is 6.92 Å². The maximum absolute atomic E-state index is 12.2. The fraction of sp³-hybridized carbons (Fsp3) is 0.444. The lowest BCUT2D eigenvalue weighted by Crippen LogP contribution is -2.42. The largest absolute Gasteiger partial charge is 0.387 e. The molecule has 0 radical (unpaired) electrons. The van der Waals surface area contributed by atoms with E-state index < -0.39 is 30.4 Å². The maximum Gasteiger partial charge on any atom is 0.252 e. The Morgan fingerprint density at radius 2 is 2.10 bits per heavy atom. The number of carbonyl (C=O) groups is 1. The molecule has 3 aromatic heterocycles. The number of aryl methyl sites for hydroxylation is 1. The average molecular weight is 418 g/mol. The van der Waals surface area contributed by atoms with Crippen molar-refractivity contribution in [3.05, 3.63) is 23.3 Å². The molecule has 4 atom stereocenters. The van der Waals surface area contributed by atoms with Crippen LogP contribution in [0.15, 0.2) is 18.5 Å². The first-order chi connectivity index (χ1) is 13.9. The molecule has 1 saturated heterocycles. The van der Waals surface area contributed by atoms with Crippen molar-refractivity contribution in [3.8, 4) is 10.7 Å². The molecule has 11 heteroatoms. The zero-order chi connectivity index (χ0) is 20.7. The summed E-state index contributed by atoms with van der Waals surface area (Å²) >= 11 is 1.56. The fourth-order valence-corrected chi connectivity index (χ4v) is 4.12. The van der Waals surface area contributed by atoms with Crippen LogP contribution in [0.5, 0.6) is 0 Å². The van der Waals surface area contributed by atoms with Crippen LogP contribution in [0.2, 0.25) is 0 Å². The highest BCUT2D eigenvalue weighted by Crippen LogP contribution is 2.34. The summed E-state index contributed by atoms with van der Waals surface area (Å²) in [7, 11) is 1.74. The van der Waals surface area contributed by atoms with Gasteiger partial charge in [0, 0.05) is 18.5 Å². The standard InChI is InChI=1S/C18H22N6O4S/c1-4-20-17(27)13-11(25)12(26)18(28-13)24-7-21-10-15(19-3)22-14(23-16(10)24)9-6-5-8(2)29-9/h5-7,11-13,18,25-26H,4H2,1-3H3,(H,20,27)(H,19,22,23). The van der Waals surface area contributed by atoms with E-state index in [1.807, 2.05) is 19.1 Å². The van der Waals surface area contributed by atoms with E-state index in [0.29, 0.717) is 29.4 Å². The van der Waals surface area contributed by atoms with Gasteiger partial charge in [0.2, 0.25) is 0 Å². The third-order valence-corrected chi connectivity index (χ3v) is 5.74. The van der Waals surface area contributed by atoms with E-state index in [4.69, 9.17) is 4.74 Å². The number of aliphatic hydroxyl groups is 2. The normalized spacial score (nSPS) is 24.2. The molecule has 4 N–H and O–H groups in total. The van der Waals surface area contributed by atoms with Gasteiger partial charge in [0.05, 0.1) is 11.2 Å². The van der Waals surface area contributed by atoms with Crippen LogP contribution >= 0.6 is 11.3 Å². The number of rotatable bonds is 5. The van der Waals surface area contributed by atoms with Gasteiger partial charge < -0.3 is 25.6 Å². The van der Waals surface area contributed by atoms with E-state index in [2.05, 4.69) is 25.6 Å². The Morgan fingerprint density at radius 3 is 2.76 bits per heavy atom. The van der Waals surface area contributed by atoms with Gasteiger partial charge in [0.25, 0.3) is 5.91 Å². The summed E-state index contributed by atoms with van der Waals surface area (Å²) in [5, 5.41) is 26.5. The lowest BCUT2D eigenvalue weighted by atomic mass is 10.1. The number of carbonyl (C=O) groups excluding carboxylic acids is 1. The first-order valence-corrected chi connectivity index (χ1v) is 10.0. The SMILES string of the molecule is CCNC(=O)C1OC(n2cnc3c(NC)nc(-c4ccc(C)s4)nc32)C(O)C1O. The molecule has 4 heterocycles. The van der Waals surface area contributed by atoms with Gasteiger partial charge in [-0.15, -0.1) is 11.3 Å². The minimum Gasteiger partial charge on any atom is -0.387 e. The molecule has 1 aliphatic rings. The molecule has 154 valence electrons. The van der Waals surface area contributed by atoms with Gasteiger partial charge in [-0.1, -0.05) is 0 Å². The molecule has 1 amide bonds. The summed E-state index contributed by atoms with van der Waals surface area (Å²) in [5.41, 5.74) is 0.925. The number of hydrogen-bond acceptors (Lipinski definition) is 9. The lowest BCUT2D eigenvalue weighted by molar-refractivity contribution is -0.137. The smallest absolute Gasteiger partial charge is 0.252 e. The van der Waals surface area contributed by atoms with E-state index in [9.17, 15) is 15.0 Å².